The lowest BCUT2D eigenvalue weighted by atomic mass is 10.1. The molecule has 4 nitrogen and oxygen atoms in total. The van der Waals surface area contributed by atoms with Gasteiger partial charge in [-0.3, -0.25) is 4.98 Å². The first-order chi connectivity index (χ1) is 7.90. The van der Waals surface area contributed by atoms with Crippen molar-refractivity contribution in [1.82, 2.24) is 20.3 Å². The number of aromatic nitrogens is 3. The molecule has 2 rings (SSSR count). The molecule has 84 valence electrons. The van der Waals surface area contributed by atoms with E-state index in [1.807, 2.05) is 24.1 Å². The van der Waals surface area contributed by atoms with Gasteiger partial charge in [0.1, 0.15) is 6.33 Å². The van der Waals surface area contributed by atoms with E-state index in [9.17, 15) is 0 Å². The van der Waals surface area contributed by atoms with Crippen LogP contribution in [-0.2, 0) is 6.42 Å². The van der Waals surface area contributed by atoms with Gasteiger partial charge in [0.15, 0.2) is 0 Å². The number of nitrogens with zero attached hydrogens (tertiary/aromatic N) is 3. The lowest BCUT2D eigenvalue weighted by Crippen LogP contribution is -2.22. The van der Waals surface area contributed by atoms with Crippen molar-refractivity contribution in [2.45, 2.75) is 19.4 Å². The maximum atomic E-state index is 4.09. The first-order valence-corrected chi connectivity index (χ1v) is 6.13. The van der Waals surface area contributed by atoms with Crippen LogP contribution in [0.25, 0.3) is 0 Å². The molecule has 0 amide bonds. The zero-order valence-electron chi connectivity index (χ0n) is 9.13. The maximum absolute atomic E-state index is 4.09. The molecule has 0 radical (unpaired) electrons. The Balaban J connectivity index is 2.11. The Bertz CT molecular complexity index is 401. The Hall–Kier alpha value is -1.33. The standard InChI is InChI=1S/C11H14N4S/c1-2-15-11(3-10-6-14-8-16-10)9-4-12-7-13-5-9/h4-8,11,15H,2-3H2,1H3. The maximum Gasteiger partial charge on any atom is 0.115 e. The molecule has 0 aromatic carbocycles. The number of nitrogens with one attached hydrogen (secondary N) is 1. The smallest absolute Gasteiger partial charge is 0.115 e. The van der Waals surface area contributed by atoms with Gasteiger partial charge in [0.05, 0.1) is 5.51 Å². The van der Waals surface area contributed by atoms with Gasteiger partial charge in [-0.2, -0.15) is 0 Å². The average Bonchev–Trinajstić information content (AvgIpc) is 2.83. The molecular formula is C11H14N4S. The highest BCUT2D eigenvalue weighted by Crippen LogP contribution is 2.18. The molecule has 0 saturated heterocycles. The number of likely N-dealkylation sites (N-methyl/N-ethyl adjacent to an activating group) is 1. The van der Waals surface area contributed by atoms with Gasteiger partial charge in [-0.05, 0) is 6.54 Å². The Morgan fingerprint density at radius 1 is 1.25 bits per heavy atom. The summed E-state index contributed by atoms with van der Waals surface area (Å²) in [5.74, 6) is 0. The molecule has 1 N–H and O–H groups in total. The Morgan fingerprint density at radius 3 is 2.69 bits per heavy atom. The SMILES string of the molecule is CCNC(Cc1cncs1)c1cncnc1. The minimum absolute atomic E-state index is 0.270. The van der Waals surface area contributed by atoms with Gasteiger partial charge in [-0.1, -0.05) is 6.92 Å². The largest absolute Gasteiger partial charge is 0.310 e. The zero-order chi connectivity index (χ0) is 11.2. The lowest BCUT2D eigenvalue weighted by molar-refractivity contribution is 0.549. The van der Waals surface area contributed by atoms with Crippen LogP contribution in [0.1, 0.15) is 23.4 Å². The third-order valence-corrected chi connectivity index (χ3v) is 3.12. The quantitative estimate of drug-likeness (QED) is 0.857. The fourth-order valence-corrected chi connectivity index (χ4v) is 2.23. The highest BCUT2D eigenvalue weighted by molar-refractivity contribution is 7.09. The lowest BCUT2D eigenvalue weighted by Gasteiger charge is -2.16. The van der Waals surface area contributed by atoms with Gasteiger partial charge in [-0.15, -0.1) is 11.3 Å². The van der Waals surface area contributed by atoms with E-state index in [1.54, 1.807) is 17.7 Å². The molecule has 5 heteroatoms. The summed E-state index contributed by atoms with van der Waals surface area (Å²) < 4.78 is 0. The highest BCUT2D eigenvalue weighted by Gasteiger charge is 2.12. The first-order valence-electron chi connectivity index (χ1n) is 5.25. The van der Waals surface area contributed by atoms with Gasteiger partial charge in [0.25, 0.3) is 0 Å². The van der Waals surface area contributed by atoms with Crippen molar-refractivity contribution in [3.63, 3.8) is 0 Å². The van der Waals surface area contributed by atoms with E-state index in [0.29, 0.717) is 0 Å². The van der Waals surface area contributed by atoms with Crippen molar-refractivity contribution in [1.29, 1.82) is 0 Å². The average molecular weight is 234 g/mol. The molecule has 2 aromatic heterocycles. The van der Waals surface area contributed by atoms with Crippen LogP contribution in [-0.4, -0.2) is 21.5 Å². The van der Waals surface area contributed by atoms with E-state index in [-0.39, 0.29) is 6.04 Å². The molecule has 0 bridgehead atoms. The molecule has 0 spiro atoms. The molecule has 16 heavy (non-hydrogen) atoms. The summed E-state index contributed by atoms with van der Waals surface area (Å²) in [5.41, 5.74) is 2.98. The predicted molar refractivity (Wildman–Crippen MR) is 64.3 cm³/mol. The van der Waals surface area contributed by atoms with Crippen LogP contribution in [0.2, 0.25) is 0 Å². The summed E-state index contributed by atoms with van der Waals surface area (Å²) in [6, 6.07) is 0.270. The summed E-state index contributed by atoms with van der Waals surface area (Å²) in [7, 11) is 0. The summed E-state index contributed by atoms with van der Waals surface area (Å²) >= 11 is 1.68. The van der Waals surface area contributed by atoms with Crippen molar-refractivity contribution < 1.29 is 0 Å². The monoisotopic (exact) mass is 234 g/mol. The number of thiazole rings is 1. The normalized spacial score (nSPS) is 12.6. The minimum Gasteiger partial charge on any atom is -0.310 e. The van der Waals surface area contributed by atoms with Gasteiger partial charge >= 0.3 is 0 Å². The van der Waals surface area contributed by atoms with Gasteiger partial charge in [0.2, 0.25) is 0 Å². The fraction of sp³-hybridized carbons (Fsp3) is 0.364. The Labute approximate surface area is 98.8 Å². The van der Waals surface area contributed by atoms with Crippen molar-refractivity contribution in [3.8, 4) is 0 Å². The topological polar surface area (TPSA) is 50.7 Å². The predicted octanol–water partition coefficient (Wildman–Crippen LogP) is 1.83. The molecular weight excluding hydrogens is 220 g/mol. The molecule has 1 atom stereocenters. The molecule has 0 aliphatic carbocycles. The first kappa shape index (κ1) is 11.2. The van der Waals surface area contributed by atoms with Crippen molar-refractivity contribution in [3.05, 3.63) is 40.9 Å². The van der Waals surface area contributed by atoms with E-state index < -0.39 is 0 Å². The summed E-state index contributed by atoms with van der Waals surface area (Å²) in [5, 5.41) is 3.44. The van der Waals surface area contributed by atoms with E-state index in [0.717, 1.165) is 18.5 Å². The molecule has 2 aromatic rings. The molecule has 0 saturated carbocycles. The highest BCUT2D eigenvalue weighted by atomic mass is 32.1. The third-order valence-electron chi connectivity index (χ3n) is 2.32. The van der Waals surface area contributed by atoms with Crippen LogP contribution in [0.4, 0.5) is 0 Å². The van der Waals surface area contributed by atoms with Gasteiger partial charge in [-0.25, -0.2) is 9.97 Å². The van der Waals surface area contributed by atoms with E-state index in [2.05, 4.69) is 27.2 Å². The van der Waals surface area contributed by atoms with Crippen molar-refractivity contribution in [2.24, 2.45) is 0 Å². The zero-order valence-corrected chi connectivity index (χ0v) is 9.94. The molecule has 0 aliphatic rings. The van der Waals surface area contributed by atoms with Crippen LogP contribution >= 0.6 is 11.3 Å². The van der Waals surface area contributed by atoms with E-state index in [1.165, 1.54) is 4.88 Å². The van der Waals surface area contributed by atoms with Gasteiger partial charge in [0, 0.05) is 41.5 Å². The van der Waals surface area contributed by atoms with E-state index >= 15 is 0 Å². The van der Waals surface area contributed by atoms with Crippen LogP contribution in [0, 0.1) is 0 Å². The molecule has 2 heterocycles. The van der Waals surface area contributed by atoms with Crippen LogP contribution in [0.3, 0.4) is 0 Å². The number of rotatable bonds is 5. The summed E-state index contributed by atoms with van der Waals surface area (Å²) in [6.45, 7) is 3.03. The van der Waals surface area contributed by atoms with Crippen LogP contribution in [0.15, 0.2) is 30.4 Å². The second kappa shape index (κ2) is 5.67. The van der Waals surface area contributed by atoms with E-state index in [4.69, 9.17) is 0 Å². The molecule has 0 aliphatic heterocycles. The third kappa shape index (κ3) is 2.84. The second-order valence-electron chi connectivity index (χ2n) is 3.45. The number of hydrogen-bond acceptors (Lipinski definition) is 5. The minimum atomic E-state index is 0.270. The molecule has 1 unspecified atom stereocenters. The molecule has 0 fully saturated rings. The Morgan fingerprint density at radius 2 is 2.06 bits per heavy atom. The summed E-state index contributed by atoms with van der Waals surface area (Å²) in [6.07, 6.45) is 8.13. The van der Waals surface area contributed by atoms with Crippen molar-refractivity contribution >= 4 is 11.3 Å². The fourth-order valence-electron chi connectivity index (χ4n) is 1.59. The van der Waals surface area contributed by atoms with Crippen LogP contribution < -0.4 is 5.32 Å². The van der Waals surface area contributed by atoms with Crippen LogP contribution in [0.5, 0.6) is 0 Å². The number of hydrogen-bond donors (Lipinski definition) is 1. The van der Waals surface area contributed by atoms with Crippen molar-refractivity contribution in [2.75, 3.05) is 6.54 Å². The Kier molecular flexibility index (Phi) is 3.96. The summed E-state index contributed by atoms with van der Waals surface area (Å²) in [4.78, 5) is 13.5. The second-order valence-corrected chi connectivity index (χ2v) is 4.42. The van der Waals surface area contributed by atoms with Gasteiger partial charge < -0.3 is 5.32 Å².